The number of carbonyl (C=O) groups excluding carboxylic acids is 1. The summed E-state index contributed by atoms with van der Waals surface area (Å²) in [6.07, 6.45) is 0.972. The van der Waals surface area contributed by atoms with Crippen LogP contribution in [-0.4, -0.2) is 21.1 Å². The lowest BCUT2D eigenvalue weighted by Crippen LogP contribution is -2.39. The van der Waals surface area contributed by atoms with Crippen LogP contribution in [0.3, 0.4) is 0 Å². The monoisotopic (exact) mass is 396 g/mol. The van der Waals surface area contributed by atoms with Gasteiger partial charge in [0.1, 0.15) is 10.4 Å². The molecule has 1 amide bonds. The molecule has 4 N–H and O–H groups in total. The van der Waals surface area contributed by atoms with Gasteiger partial charge in [0.2, 0.25) is 5.91 Å². The van der Waals surface area contributed by atoms with Crippen LogP contribution in [-0.2, 0) is 16.6 Å². The number of thiazole rings is 1. The topological polar surface area (TPSA) is 96.4 Å². The van der Waals surface area contributed by atoms with Gasteiger partial charge in [-0.2, -0.15) is 0 Å². The van der Waals surface area contributed by atoms with E-state index in [1.165, 1.54) is 29.0 Å². The molecule has 0 aliphatic rings. The van der Waals surface area contributed by atoms with Gasteiger partial charge in [-0.3, -0.25) is 4.79 Å². The highest BCUT2D eigenvalue weighted by atomic mass is 32.1. The van der Waals surface area contributed by atoms with E-state index in [4.69, 9.17) is 5.73 Å². The number of rotatable bonds is 6. The van der Waals surface area contributed by atoms with Crippen LogP contribution in [0.15, 0.2) is 47.8 Å². The number of amides is 1. The summed E-state index contributed by atoms with van der Waals surface area (Å²) in [5, 5.41) is 21.6. The molecule has 0 aliphatic carbocycles. The van der Waals surface area contributed by atoms with Gasteiger partial charge in [-0.25, -0.2) is 4.98 Å². The third-order valence-corrected chi connectivity index (χ3v) is 5.94. The first-order valence-corrected chi connectivity index (χ1v) is 9.97. The fraction of sp³-hybridized carbons (Fsp3) is 0.273. The molecule has 0 saturated carbocycles. The predicted octanol–water partition coefficient (Wildman–Crippen LogP) is 4.21. The van der Waals surface area contributed by atoms with E-state index >= 15 is 0 Å². The highest BCUT2D eigenvalue weighted by Crippen LogP contribution is 2.37. The average molecular weight is 397 g/mol. The maximum Gasteiger partial charge on any atom is 0.234 e. The SMILES string of the molecule is CC(C)Cc1ccc(C(C)(C(N)=O)c2nc(-c3ccc(O)c(O)c3)cs2)cc1. The minimum Gasteiger partial charge on any atom is -0.504 e. The fourth-order valence-corrected chi connectivity index (χ4v) is 4.15. The molecule has 6 heteroatoms. The second-order valence-electron chi connectivity index (χ2n) is 7.53. The second kappa shape index (κ2) is 7.64. The lowest BCUT2D eigenvalue weighted by molar-refractivity contribution is -0.121. The van der Waals surface area contributed by atoms with Crippen LogP contribution in [0.4, 0.5) is 0 Å². The lowest BCUT2D eigenvalue weighted by Gasteiger charge is -2.24. The highest BCUT2D eigenvalue weighted by molar-refractivity contribution is 7.10. The van der Waals surface area contributed by atoms with E-state index in [1.54, 1.807) is 13.0 Å². The first-order valence-electron chi connectivity index (χ1n) is 9.09. The summed E-state index contributed by atoms with van der Waals surface area (Å²) in [5.74, 6) is -0.330. The van der Waals surface area contributed by atoms with Crippen LogP contribution < -0.4 is 5.73 Å². The number of hydrogen-bond acceptors (Lipinski definition) is 5. The Labute approximate surface area is 168 Å². The second-order valence-corrected chi connectivity index (χ2v) is 8.38. The van der Waals surface area contributed by atoms with Crippen LogP contribution in [0.1, 0.15) is 36.9 Å². The standard InChI is InChI=1S/C22H24N2O3S/c1-13(2)10-14-4-7-16(8-5-14)22(3,20(23)27)21-24-17(12-28-21)15-6-9-18(25)19(26)11-15/h4-9,11-13,25-26H,10H2,1-3H3,(H2,23,27). The average Bonchev–Trinajstić information content (AvgIpc) is 3.14. The minimum absolute atomic E-state index is 0.192. The van der Waals surface area contributed by atoms with Crippen molar-refractivity contribution in [2.24, 2.45) is 11.7 Å². The Morgan fingerprint density at radius 3 is 2.39 bits per heavy atom. The maximum absolute atomic E-state index is 12.4. The van der Waals surface area contributed by atoms with Gasteiger partial charge < -0.3 is 15.9 Å². The number of carbonyl (C=O) groups is 1. The van der Waals surface area contributed by atoms with Gasteiger partial charge >= 0.3 is 0 Å². The van der Waals surface area contributed by atoms with Crippen LogP contribution in [0.2, 0.25) is 0 Å². The number of nitrogens with two attached hydrogens (primary N) is 1. The molecule has 0 saturated heterocycles. The molecule has 28 heavy (non-hydrogen) atoms. The Bertz CT molecular complexity index is 995. The molecule has 0 radical (unpaired) electrons. The van der Waals surface area contributed by atoms with E-state index in [1.807, 2.05) is 29.6 Å². The van der Waals surface area contributed by atoms with E-state index in [0.29, 0.717) is 22.2 Å². The zero-order valence-electron chi connectivity index (χ0n) is 16.1. The fourth-order valence-electron chi connectivity index (χ4n) is 3.14. The first kappa shape index (κ1) is 19.9. The molecule has 1 unspecified atom stereocenters. The number of phenols is 2. The number of primary amides is 1. The van der Waals surface area contributed by atoms with E-state index in [9.17, 15) is 15.0 Å². The Morgan fingerprint density at radius 1 is 1.14 bits per heavy atom. The molecule has 0 spiro atoms. The molecule has 5 nitrogen and oxygen atoms in total. The van der Waals surface area contributed by atoms with E-state index in [0.717, 1.165) is 12.0 Å². The van der Waals surface area contributed by atoms with Gasteiger partial charge in [-0.1, -0.05) is 38.1 Å². The third kappa shape index (κ3) is 3.73. The molecule has 0 aliphatic heterocycles. The Kier molecular flexibility index (Phi) is 5.42. The quantitative estimate of drug-likeness (QED) is 0.544. The largest absolute Gasteiger partial charge is 0.504 e. The molecular weight excluding hydrogens is 372 g/mol. The summed E-state index contributed by atoms with van der Waals surface area (Å²) >= 11 is 1.34. The summed E-state index contributed by atoms with van der Waals surface area (Å²) in [4.78, 5) is 17.1. The summed E-state index contributed by atoms with van der Waals surface area (Å²) in [5.41, 5.74) is 8.01. The van der Waals surface area contributed by atoms with Crippen LogP contribution in [0.5, 0.6) is 11.5 Å². The van der Waals surface area contributed by atoms with Crippen LogP contribution in [0.25, 0.3) is 11.3 Å². The molecule has 3 rings (SSSR count). The van der Waals surface area contributed by atoms with Crippen molar-refractivity contribution in [2.75, 3.05) is 0 Å². The number of aromatic hydroxyl groups is 2. The Hall–Kier alpha value is -2.86. The van der Waals surface area contributed by atoms with Crippen molar-refractivity contribution < 1.29 is 15.0 Å². The summed E-state index contributed by atoms with van der Waals surface area (Å²) in [7, 11) is 0. The Morgan fingerprint density at radius 2 is 1.82 bits per heavy atom. The van der Waals surface area contributed by atoms with Gasteiger partial charge in [-0.15, -0.1) is 11.3 Å². The Balaban J connectivity index is 1.99. The van der Waals surface area contributed by atoms with Crippen molar-refractivity contribution in [1.82, 2.24) is 4.98 Å². The molecule has 1 aromatic heterocycles. The molecule has 1 heterocycles. The molecule has 146 valence electrons. The van der Waals surface area contributed by atoms with Gasteiger partial charge in [0.25, 0.3) is 0 Å². The zero-order chi connectivity index (χ0) is 20.5. The number of benzene rings is 2. The van der Waals surface area contributed by atoms with Crippen LogP contribution in [0, 0.1) is 5.92 Å². The predicted molar refractivity (Wildman–Crippen MR) is 112 cm³/mol. The molecule has 3 aromatic rings. The van der Waals surface area contributed by atoms with Gasteiger partial charge in [0, 0.05) is 10.9 Å². The molecule has 2 aromatic carbocycles. The summed E-state index contributed by atoms with van der Waals surface area (Å²) in [6, 6.07) is 12.5. The molecule has 0 fully saturated rings. The van der Waals surface area contributed by atoms with Crippen LogP contribution >= 0.6 is 11.3 Å². The maximum atomic E-state index is 12.4. The first-order chi connectivity index (χ1) is 13.2. The number of hydrogen-bond donors (Lipinski definition) is 3. The zero-order valence-corrected chi connectivity index (χ0v) is 17.0. The third-order valence-electron chi connectivity index (χ3n) is 4.87. The summed E-state index contributed by atoms with van der Waals surface area (Å²) in [6.45, 7) is 6.11. The number of phenolic OH excluding ortho intramolecular Hbond substituents is 2. The van der Waals surface area contributed by atoms with E-state index in [2.05, 4.69) is 18.8 Å². The van der Waals surface area contributed by atoms with E-state index < -0.39 is 11.3 Å². The van der Waals surface area contributed by atoms with Crippen molar-refractivity contribution in [3.05, 3.63) is 64.0 Å². The van der Waals surface area contributed by atoms with Gasteiger partial charge in [0.05, 0.1) is 5.69 Å². The number of nitrogens with zero attached hydrogens (tertiary/aromatic N) is 1. The lowest BCUT2D eigenvalue weighted by atomic mass is 9.81. The van der Waals surface area contributed by atoms with Crippen molar-refractivity contribution in [3.8, 4) is 22.8 Å². The molecule has 1 atom stereocenters. The van der Waals surface area contributed by atoms with Gasteiger partial charge in [0.15, 0.2) is 11.5 Å². The molecule has 0 bridgehead atoms. The van der Waals surface area contributed by atoms with Gasteiger partial charge in [-0.05, 0) is 48.6 Å². The summed E-state index contributed by atoms with van der Waals surface area (Å²) < 4.78 is 0. The number of aromatic nitrogens is 1. The normalized spacial score (nSPS) is 13.4. The minimum atomic E-state index is -1.06. The molecular formula is C22H24N2O3S. The van der Waals surface area contributed by atoms with Crippen molar-refractivity contribution >= 4 is 17.2 Å². The van der Waals surface area contributed by atoms with E-state index in [-0.39, 0.29) is 11.5 Å². The van der Waals surface area contributed by atoms with Crippen molar-refractivity contribution in [3.63, 3.8) is 0 Å². The smallest absolute Gasteiger partial charge is 0.234 e. The van der Waals surface area contributed by atoms with Crippen molar-refractivity contribution in [1.29, 1.82) is 0 Å². The van der Waals surface area contributed by atoms with Crippen molar-refractivity contribution in [2.45, 2.75) is 32.6 Å². The highest BCUT2D eigenvalue weighted by Gasteiger charge is 2.38.